The normalized spacial score (nSPS) is 11.3. The molecular formula is C17H15FO. The van der Waals surface area contributed by atoms with Gasteiger partial charge >= 0.3 is 0 Å². The molecule has 0 aliphatic heterocycles. The Labute approximate surface area is 112 Å². The molecule has 2 aromatic rings. The predicted octanol–water partition coefficient (Wildman–Crippen LogP) is 4.20. The second-order valence-electron chi connectivity index (χ2n) is 4.31. The van der Waals surface area contributed by atoms with Crippen molar-refractivity contribution in [2.45, 2.75) is 12.8 Å². The number of halogens is 1. The second kappa shape index (κ2) is 6.64. The van der Waals surface area contributed by atoms with Crippen molar-refractivity contribution in [3.8, 4) is 0 Å². The zero-order valence-electron chi connectivity index (χ0n) is 10.6. The Morgan fingerprint density at radius 3 is 2.16 bits per heavy atom. The van der Waals surface area contributed by atoms with E-state index in [2.05, 4.69) is 0 Å². The molecule has 0 atom stereocenters. The Balaban J connectivity index is 1.94. The molecule has 0 unspecified atom stereocenters. The summed E-state index contributed by atoms with van der Waals surface area (Å²) in [5.74, 6) is -0.663. The van der Waals surface area contributed by atoms with Crippen LogP contribution in [-0.4, -0.2) is 5.78 Å². The minimum absolute atomic E-state index is 0.190. The lowest BCUT2D eigenvalue weighted by Gasteiger charge is -1.99. The number of hydrogen-bond donors (Lipinski definition) is 0. The fraction of sp³-hybridized carbons (Fsp3) is 0.118. The summed E-state index contributed by atoms with van der Waals surface area (Å²) in [5, 5.41) is 0. The molecule has 0 aliphatic carbocycles. The lowest BCUT2D eigenvalue weighted by Crippen LogP contribution is -1.97. The van der Waals surface area contributed by atoms with Gasteiger partial charge in [0.1, 0.15) is 5.83 Å². The van der Waals surface area contributed by atoms with Crippen LogP contribution in [0.25, 0.3) is 5.83 Å². The van der Waals surface area contributed by atoms with Crippen LogP contribution in [0.2, 0.25) is 0 Å². The van der Waals surface area contributed by atoms with E-state index in [1.165, 1.54) is 0 Å². The van der Waals surface area contributed by atoms with Crippen LogP contribution >= 0.6 is 0 Å². The SMILES string of the molecule is O=C(/C=C(\F)c1ccccc1)CCc1ccccc1. The summed E-state index contributed by atoms with van der Waals surface area (Å²) in [6, 6.07) is 18.3. The van der Waals surface area contributed by atoms with Crippen molar-refractivity contribution in [2.24, 2.45) is 0 Å². The fourth-order valence-corrected chi connectivity index (χ4v) is 1.81. The smallest absolute Gasteiger partial charge is 0.158 e. The third-order valence-electron chi connectivity index (χ3n) is 2.84. The van der Waals surface area contributed by atoms with Crippen LogP contribution in [0.4, 0.5) is 4.39 Å². The summed E-state index contributed by atoms with van der Waals surface area (Å²) in [7, 11) is 0. The van der Waals surface area contributed by atoms with Crippen LogP contribution in [0, 0.1) is 0 Å². The van der Waals surface area contributed by atoms with E-state index in [0.29, 0.717) is 18.4 Å². The molecule has 19 heavy (non-hydrogen) atoms. The largest absolute Gasteiger partial charge is 0.295 e. The Kier molecular flexibility index (Phi) is 4.62. The molecule has 0 aliphatic rings. The monoisotopic (exact) mass is 254 g/mol. The average Bonchev–Trinajstić information content (AvgIpc) is 2.47. The van der Waals surface area contributed by atoms with Gasteiger partial charge in [0.05, 0.1) is 0 Å². The van der Waals surface area contributed by atoms with Gasteiger partial charge in [-0.15, -0.1) is 0 Å². The highest BCUT2D eigenvalue weighted by Crippen LogP contribution is 2.15. The number of hydrogen-bond acceptors (Lipinski definition) is 1. The summed E-state index contributed by atoms with van der Waals surface area (Å²) in [5.41, 5.74) is 1.53. The number of aryl methyl sites for hydroxylation is 1. The maximum absolute atomic E-state index is 13.8. The Morgan fingerprint density at radius 1 is 0.947 bits per heavy atom. The van der Waals surface area contributed by atoms with Crippen molar-refractivity contribution < 1.29 is 9.18 Å². The highest BCUT2D eigenvalue weighted by Gasteiger charge is 2.04. The molecule has 0 spiro atoms. The van der Waals surface area contributed by atoms with Gasteiger partial charge in [0, 0.05) is 18.1 Å². The Morgan fingerprint density at radius 2 is 1.53 bits per heavy atom. The molecule has 2 aromatic carbocycles. The van der Waals surface area contributed by atoms with E-state index in [0.717, 1.165) is 11.6 Å². The Hall–Kier alpha value is -2.22. The van der Waals surface area contributed by atoms with Gasteiger partial charge in [0.2, 0.25) is 0 Å². The molecule has 2 heteroatoms. The van der Waals surface area contributed by atoms with E-state index < -0.39 is 5.83 Å². The van der Waals surface area contributed by atoms with Gasteiger partial charge in [-0.1, -0.05) is 60.7 Å². The molecule has 0 bridgehead atoms. The van der Waals surface area contributed by atoms with E-state index >= 15 is 0 Å². The number of rotatable bonds is 5. The zero-order valence-corrected chi connectivity index (χ0v) is 10.6. The molecule has 0 saturated carbocycles. The molecule has 96 valence electrons. The van der Waals surface area contributed by atoms with E-state index in [4.69, 9.17) is 0 Å². The van der Waals surface area contributed by atoms with E-state index in [-0.39, 0.29) is 5.78 Å². The fourth-order valence-electron chi connectivity index (χ4n) is 1.81. The van der Waals surface area contributed by atoms with Crippen molar-refractivity contribution in [3.05, 3.63) is 77.9 Å². The zero-order chi connectivity index (χ0) is 13.5. The molecule has 0 N–H and O–H groups in total. The summed E-state index contributed by atoms with van der Waals surface area (Å²) in [6.45, 7) is 0. The standard InChI is InChI=1S/C17H15FO/c18-17(15-9-5-2-6-10-15)13-16(19)12-11-14-7-3-1-4-8-14/h1-10,13H,11-12H2/b17-13-. The lowest BCUT2D eigenvalue weighted by atomic mass is 10.1. The van der Waals surface area contributed by atoms with Crippen molar-refractivity contribution in [1.82, 2.24) is 0 Å². The van der Waals surface area contributed by atoms with Crippen LogP contribution in [0.5, 0.6) is 0 Å². The molecule has 0 fully saturated rings. The molecule has 0 saturated heterocycles. The van der Waals surface area contributed by atoms with Crippen LogP contribution in [-0.2, 0) is 11.2 Å². The molecule has 2 rings (SSSR count). The number of carbonyl (C=O) groups excluding carboxylic acids is 1. The van der Waals surface area contributed by atoms with Gasteiger partial charge in [-0.3, -0.25) is 4.79 Å². The second-order valence-corrected chi connectivity index (χ2v) is 4.31. The van der Waals surface area contributed by atoms with Gasteiger partial charge < -0.3 is 0 Å². The third-order valence-corrected chi connectivity index (χ3v) is 2.84. The van der Waals surface area contributed by atoms with Crippen molar-refractivity contribution in [3.63, 3.8) is 0 Å². The van der Waals surface area contributed by atoms with Crippen molar-refractivity contribution in [2.75, 3.05) is 0 Å². The van der Waals surface area contributed by atoms with Crippen LogP contribution < -0.4 is 0 Å². The third kappa shape index (κ3) is 4.18. The van der Waals surface area contributed by atoms with Gasteiger partial charge in [-0.2, -0.15) is 0 Å². The van der Waals surface area contributed by atoms with Gasteiger partial charge in [-0.05, 0) is 12.0 Å². The maximum Gasteiger partial charge on any atom is 0.158 e. The first kappa shape index (κ1) is 13.2. The molecular weight excluding hydrogens is 239 g/mol. The summed E-state index contributed by atoms with van der Waals surface area (Å²) < 4.78 is 13.8. The van der Waals surface area contributed by atoms with E-state index in [9.17, 15) is 9.18 Å². The minimum atomic E-state index is -0.473. The summed E-state index contributed by atoms with van der Waals surface area (Å²) in [6.07, 6.45) is 2.04. The van der Waals surface area contributed by atoms with Crippen molar-refractivity contribution in [1.29, 1.82) is 0 Å². The molecule has 0 heterocycles. The molecule has 0 amide bonds. The van der Waals surface area contributed by atoms with Gasteiger partial charge in [0.25, 0.3) is 0 Å². The first-order valence-corrected chi connectivity index (χ1v) is 6.25. The summed E-state index contributed by atoms with van der Waals surface area (Å²) in [4.78, 5) is 11.7. The topological polar surface area (TPSA) is 17.1 Å². The maximum atomic E-state index is 13.8. The predicted molar refractivity (Wildman–Crippen MR) is 75.3 cm³/mol. The van der Waals surface area contributed by atoms with Gasteiger partial charge in [-0.25, -0.2) is 4.39 Å². The van der Waals surface area contributed by atoms with Crippen molar-refractivity contribution >= 4 is 11.6 Å². The summed E-state index contributed by atoms with van der Waals surface area (Å²) >= 11 is 0. The number of allylic oxidation sites excluding steroid dienone is 1. The van der Waals surface area contributed by atoms with E-state index in [1.807, 2.05) is 36.4 Å². The number of ketones is 1. The number of carbonyl (C=O) groups is 1. The first-order valence-electron chi connectivity index (χ1n) is 6.25. The van der Waals surface area contributed by atoms with Crippen LogP contribution in [0.3, 0.4) is 0 Å². The van der Waals surface area contributed by atoms with Crippen LogP contribution in [0.1, 0.15) is 17.5 Å². The number of benzene rings is 2. The van der Waals surface area contributed by atoms with Crippen LogP contribution in [0.15, 0.2) is 66.7 Å². The minimum Gasteiger partial charge on any atom is -0.295 e. The molecule has 0 radical (unpaired) electrons. The Bertz CT molecular complexity index is 558. The molecule has 0 aromatic heterocycles. The first-order chi connectivity index (χ1) is 9.25. The highest BCUT2D eigenvalue weighted by molar-refractivity contribution is 5.95. The van der Waals surface area contributed by atoms with Gasteiger partial charge in [0.15, 0.2) is 5.78 Å². The average molecular weight is 254 g/mol. The highest BCUT2D eigenvalue weighted by atomic mass is 19.1. The lowest BCUT2D eigenvalue weighted by molar-refractivity contribution is -0.114. The quantitative estimate of drug-likeness (QED) is 0.731. The molecule has 1 nitrogen and oxygen atoms in total. The van der Waals surface area contributed by atoms with E-state index in [1.54, 1.807) is 24.3 Å².